The minimum absolute atomic E-state index is 0.0406. The van der Waals surface area contributed by atoms with Crippen LogP contribution in [-0.4, -0.2) is 24.8 Å². The molecule has 0 radical (unpaired) electrons. The van der Waals surface area contributed by atoms with Gasteiger partial charge in [-0.2, -0.15) is 0 Å². The lowest BCUT2D eigenvalue weighted by atomic mass is 9.98. The summed E-state index contributed by atoms with van der Waals surface area (Å²) in [6, 6.07) is 15.4. The van der Waals surface area contributed by atoms with Crippen LogP contribution in [0.25, 0.3) is 11.1 Å². The quantitative estimate of drug-likeness (QED) is 0.501. The van der Waals surface area contributed by atoms with Crippen LogP contribution in [-0.2, 0) is 27.8 Å². The Morgan fingerprint density at radius 3 is 2.45 bits per heavy atom. The number of aromatic nitrogens is 1. The minimum Gasteiger partial charge on any atom is -0.326 e. The minimum atomic E-state index is -3.73. The second-order valence-corrected chi connectivity index (χ2v) is 10.8. The smallest absolute Gasteiger partial charge is 0.268 e. The molecule has 164 valence electrons. The van der Waals surface area contributed by atoms with Gasteiger partial charge in [-0.25, -0.2) is 18.1 Å². The van der Waals surface area contributed by atoms with Gasteiger partial charge < -0.3 is 11.1 Å². The van der Waals surface area contributed by atoms with Crippen LogP contribution in [0.15, 0.2) is 58.3 Å². The summed E-state index contributed by atoms with van der Waals surface area (Å²) >= 11 is 0.991. The van der Waals surface area contributed by atoms with Gasteiger partial charge in [-0.1, -0.05) is 42.5 Å². The number of hydrogen-bond donors (Lipinski definition) is 3. The van der Waals surface area contributed by atoms with E-state index in [-0.39, 0.29) is 23.2 Å². The largest absolute Gasteiger partial charge is 0.326 e. The number of hydrogen-bond acceptors (Lipinski definition) is 6. The van der Waals surface area contributed by atoms with Crippen molar-refractivity contribution in [2.45, 2.75) is 43.6 Å². The van der Waals surface area contributed by atoms with Crippen molar-refractivity contribution in [1.29, 1.82) is 0 Å². The van der Waals surface area contributed by atoms with E-state index in [0.717, 1.165) is 28.0 Å². The van der Waals surface area contributed by atoms with Crippen molar-refractivity contribution in [3.8, 4) is 11.1 Å². The number of nitrogens with two attached hydrogens (primary N) is 1. The van der Waals surface area contributed by atoms with E-state index >= 15 is 0 Å². The fourth-order valence-electron chi connectivity index (χ4n) is 3.11. The molecule has 4 N–H and O–H groups in total. The van der Waals surface area contributed by atoms with Gasteiger partial charge in [-0.05, 0) is 43.5 Å². The Labute approximate surface area is 186 Å². The van der Waals surface area contributed by atoms with Gasteiger partial charge in [0.05, 0.1) is 12.1 Å². The number of amides is 1. The molecule has 0 unspecified atom stereocenters. The number of nitrogens with zero attached hydrogens (tertiary/aromatic N) is 1. The number of anilines is 1. The molecule has 0 fully saturated rings. The standard InChI is InChI=1S/C22H26N4O3S2/c1-22(2,3)26-31(28,29)21-24-16(14-30-21)12-20(27)25-19-11-7-10-17(18(19)13-23)15-8-5-4-6-9-15/h4-11,14,26H,12-13,23H2,1-3H3,(H,25,27). The molecule has 0 aliphatic heterocycles. The molecule has 0 bridgehead atoms. The summed E-state index contributed by atoms with van der Waals surface area (Å²) in [5.74, 6) is -0.294. The maximum Gasteiger partial charge on any atom is 0.268 e. The van der Waals surface area contributed by atoms with Gasteiger partial charge in [0.2, 0.25) is 10.2 Å². The number of rotatable bonds is 7. The summed E-state index contributed by atoms with van der Waals surface area (Å²) in [7, 11) is -3.73. The van der Waals surface area contributed by atoms with Gasteiger partial charge in [0, 0.05) is 23.2 Å². The third kappa shape index (κ3) is 5.98. The van der Waals surface area contributed by atoms with Crippen molar-refractivity contribution in [3.63, 3.8) is 0 Å². The molecular formula is C22H26N4O3S2. The van der Waals surface area contributed by atoms with Gasteiger partial charge in [0.1, 0.15) is 0 Å². The average Bonchev–Trinajstić information content (AvgIpc) is 3.16. The third-order valence-corrected chi connectivity index (χ3v) is 7.34. The monoisotopic (exact) mass is 458 g/mol. The topological polar surface area (TPSA) is 114 Å². The van der Waals surface area contributed by atoms with Crippen LogP contribution in [0.4, 0.5) is 5.69 Å². The number of sulfonamides is 1. The molecular weight excluding hydrogens is 432 g/mol. The van der Waals surface area contributed by atoms with Crippen LogP contribution < -0.4 is 15.8 Å². The zero-order chi connectivity index (χ0) is 22.6. The highest BCUT2D eigenvalue weighted by Gasteiger charge is 2.25. The normalized spacial score (nSPS) is 12.0. The molecule has 3 aromatic rings. The average molecular weight is 459 g/mol. The Bertz CT molecular complexity index is 1170. The SMILES string of the molecule is CC(C)(C)NS(=O)(=O)c1nc(CC(=O)Nc2cccc(-c3ccccc3)c2CN)cs1. The lowest BCUT2D eigenvalue weighted by molar-refractivity contribution is -0.115. The molecule has 0 spiro atoms. The first-order chi connectivity index (χ1) is 14.6. The van der Waals surface area contributed by atoms with E-state index in [1.54, 1.807) is 32.2 Å². The summed E-state index contributed by atoms with van der Waals surface area (Å²) < 4.78 is 27.3. The van der Waals surface area contributed by atoms with Crippen LogP contribution >= 0.6 is 11.3 Å². The van der Waals surface area contributed by atoms with E-state index in [1.165, 1.54) is 0 Å². The second kappa shape index (κ2) is 9.27. The van der Waals surface area contributed by atoms with Crippen molar-refractivity contribution in [3.05, 3.63) is 65.2 Å². The third-order valence-electron chi connectivity index (χ3n) is 4.28. The van der Waals surface area contributed by atoms with Gasteiger partial charge in [0.15, 0.2) is 0 Å². The maximum atomic E-state index is 12.6. The summed E-state index contributed by atoms with van der Waals surface area (Å²) in [6.07, 6.45) is -0.0406. The van der Waals surface area contributed by atoms with Crippen LogP contribution in [0.1, 0.15) is 32.0 Å². The highest BCUT2D eigenvalue weighted by molar-refractivity contribution is 7.91. The summed E-state index contributed by atoms with van der Waals surface area (Å²) in [6.45, 7) is 5.53. The Balaban J connectivity index is 1.76. The highest BCUT2D eigenvalue weighted by atomic mass is 32.2. The summed E-state index contributed by atoms with van der Waals surface area (Å²) in [4.78, 5) is 16.8. The molecule has 1 aromatic heterocycles. The van der Waals surface area contributed by atoms with E-state index in [4.69, 9.17) is 5.73 Å². The van der Waals surface area contributed by atoms with Crippen LogP contribution in [0.2, 0.25) is 0 Å². The molecule has 0 aliphatic carbocycles. The lowest BCUT2D eigenvalue weighted by Crippen LogP contribution is -2.40. The molecule has 7 nitrogen and oxygen atoms in total. The number of carbonyl (C=O) groups is 1. The number of thiazole rings is 1. The Hall–Kier alpha value is -2.59. The van der Waals surface area contributed by atoms with Crippen molar-refractivity contribution in [2.24, 2.45) is 5.73 Å². The van der Waals surface area contributed by atoms with E-state index in [0.29, 0.717) is 11.4 Å². The molecule has 2 aromatic carbocycles. The molecule has 0 saturated heterocycles. The second-order valence-electron chi connectivity index (χ2n) is 8.09. The predicted octanol–water partition coefficient (Wildman–Crippen LogP) is 3.53. The van der Waals surface area contributed by atoms with Gasteiger partial charge in [0.25, 0.3) is 10.0 Å². The molecule has 31 heavy (non-hydrogen) atoms. The predicted molar refractivity (Wildman–Crippen MR) is 124 cm³/mol. The Morgan fingerprint density at radius 1 is 1.10 bits per heavy atom. The van der Waals surface area contributed by atoms with E-state index < -0.39 is 15.6 Å². The fourth-order valence-corrected chi connectivity index (χ4v) is 5.56. The Morgan fingerprint density at radius 2 is 1.81 bits per heavy atom. The van der Waals surface area contributed by atoms with Gasteiger partial charge in [-0.3, -0.25) is 4.79 Å². The van der Waals surface area contributed by atoms with E-state index in [2.05, 4.69) is 15.0 Å². The van der Waals surface area contributed by atoms with Crippen molar-refractivity contribution in [2.75, 3.05) is 5.32 Å². The van der Waals surface area contributed by atoms with Crippen molar-refractivity contribution in [1.82, 2.24) is 9.71 Å². The summed E-state index contributed by atoms with van der Waals surface area (Å²) in [5.41, 5.74) is 9.19. The first-order valence-corrected chi connectivity index (χ1v) is 12.1. The Kier molecular flexibility index (Phi) is 6.90. The molecule has 9 heteroatoms. The van der Waals surface area contributed by atoms with E-state index in [9.17, 15) is 13.2 Å². The van der Waals surface area contributed by atoms with Gasteiger partial charge >= 0.3 is 0 Å². The molecule has 0 aliphatic rings. The highest BCUT2D eigenvalue weighted by Crippen LogP contribution is 2.29. The first kappa shape index (κ1) is 23.1. The first-order valence-electron chi connectivity index (χ1n) is 9.75. The van der Waals surface area contributed by atoms with Crippen molar-refractivity contribution >= 4 is 33.0 Å². The van der Waals surface area contributed by atoms with Crippen LogP contribution in [0.3, 0.4) is 0 Å². The molecule has 3 rings (SSSR count). The number of benzene rings is 2. The zero-order valence-corrected chi connectivity index (χ0v) is 19.3. The van der Waals surface area contributed by atoms with Crippen molar-refractivity contribution < 1.29 is 13.2 Å². The number of nitrogens with one attached hydrogen (secondary N) is 2. The molecule has 0 saturated carbocycles. The fraction of sp³-hybridized carbons (Fsp3) is 0.273. The zero-order valence-electron chi connectivity index (χ0n) is 17.7. The lowest BCUT2D eigenvalue weighted by Gasteiger charge is -2.18. The molecule has 1 amide bonds. The maximum absolute atomic E-state index is 12.6. The van der Waals surface area contributed by atoms with Crippen LogP contribution in [0, 0.1) is 0 Å². The summed E-state index contributed by atoms with van der Waals surface area (Å²) in [5, 5.41) is 4.47. The van der Waals surface area contributed by atoms with Gasteiger partial charge in [-0.15, -0.1) is 11.3 Å². The van der Waals surface area contributed by atoms with E-state index in [1.807, 2.05) is 42.5 Å². The number of carbonyl (C=O) groups excluding carboxylic acids is 1. The molecule has 0 atom stereocenters. The molecule has 1 heterocycles. The van der Waals surface area contributed by atoms with Crippen LogP contribution in [0.5, 0.6) is 0 Å².